The Labute approximate surface area is 102 Å². The molecule has 0 aliphatic rings. The molecule has 6 heteroatoms. The molecule has 0 aliphatic heterocycles. The molecule has 4 N–H and O–H groups in total. The number of nitrogens with two attached hydrogens (primary N) is 1. The molecule has 1 atom stereocenters. The number of aromatic nitrogens is 2. The van der Waals surface area contributed by atoms with E-state index in [1.807, 2.05) is 0 Å². The zero-order chi connectivity index (χ0) is 13.1. The molecule has 0 amide bonds. The highest BCUT2D eigenvalue weighted by Crippen LogP contribution is 2.26. The van der Waals surface area contributed by atoms with Gasteiger partial charge in [-0.15, -0.1) is 0 Å². The Balaban J connectivity index is 2.32. The summed E-state index contributed by atoms with van der Waals surface area (Å²) in [5.41, 5.74) is 7.72. The largest absolute Gasteiger partial charge is 0.481 e. The van der Waals surface area contributed by atoms with Crippen molar-refractivity contribution in [2.75, 3.05) is 0 Å². The van der Waals surface area contributed by atoms with Crippen LogP contribution in [0.5, 0.6) is 0 Å². The minimum Gasteiger partial charge on any atom is -0.481 e. The number of hydrogen-bond donors (Lipinski definition) is 3. The first-order valence-electron chi connectivity index (χ1n) is 5.34. The fourth-order valence-electron chi connectivity index (χ4n) is 1.72. The van der Waals surface area contributed by atoms with E-state index in [9.17, 15) is 9.18 Å². The van der Waals surface area contributed by atoms with E-state index in [1.54, 1.807) is 12.1 Å². The SMILES string of the molecule is NC(CC(=O)O)c1cn[nH]c1-c1ccc(F)cc1. The molecule has 2 aromatic rings. The molecule has 0 radical (unpaired) electrons. The first-order valence-corrected chi connectivity index (χ1v) is 5.34. The maximum absolute atomic E-state index is 12.8. The zero-order valence-electron chi connectivity index (χ0n) is 9.43. The third-order valence-electron chi connectivity index (χ3n) is 2.60. The number of carbonyl (C=O) groups is 1. The fraction of sp³-hybridized carbons (Fsp3) is 0.167. The summed E-state index contributed by atoms with van der Waals surface area (Å²) in [6.07, 6.45) is 1.31. The molecule has 0 aliphatic carbocycles. The molecule has 94 valence electrons. The standard InChI is InChI=1S/C12H12FN3O2/c13-8-3-1-7(2-4-8)12-9(6-15-16-12)10(14)5-11(17)18/h1-4,6,10H,5,14H2,(H,15,16)(H,17,18). The lowest BCUT2D eigenvalue weighted by molar-refractivity contribution is -0.137. The van der Waals surface area contributed by atoms with Crippen molar-refractivity contribution in [3.8, 4) is 11.3 Å². The second-order valence-electron chi connectivity index (χ2n) is 3.91. The van der Waals surface area contributed by atoms with Gasteiger partial charge in [-0.3, -0.25) is 9.89 Å². The lowest BCUT2D eigenvalue weighted by Crippen LogP contribution is -2.15. The summed E-state index contributed by atoms with van der Waals surface area (Å²) in [4.78, 5) is 10.6. The van der Waals surface area contributed by atoms with E-state index in [2.05, 4.69) is 10.2 Å². The van der Waals surface area contributed by atoms with Crippen LogP contribution in [0, 0.1) is 5.82 Å². The molecule has 0 fully saturated rings. The summed E-state index contributed by atoms with van der Waals surface area (Å²) in [5, 5.41) is 15.3. The fourth-order valence-corrected chi connectivity index (χ4v) is 1.72. The highest BCUT2D eigenvalue weighted by atomic mass is 19.1. The second kappa shape index (κ2) is 4.97. The molecule has 1 aromatic carbocycles. The van der Waals surface area contributed by atoms with Gasteiger partial charge in [0.1, 0.15) is 5.82 Å². The molecule has 18 heavy (non-hydrogen) atoms. The van der Waals surface area contributed by atoms with E-state index in [0.29, 0.717) is 16.8 Å². The normalized spacial score (nSPS) is 12.3. The third-order valence-corrected chi connectivity index (χ3v) is 2.60. The van der Waals surface area contributed by atoms with E-state index in [1.165, 1.54) is 18.3 Å². The molecule has 1 aromatic heterocycles. The van der Waals surface area contributed by atoms with Crippen molar-refractivity contribution >= 4 is 5.97 Å². The number of hydrogen-bond acceptors (Lipinski definition) is 3. The summed E-state index contributed by atoms with van der Waals surface area (Å²) in [6, 6.07) is 5.16. The van der Waals surface area contributed by atoms with Crippen molar-refractivity contribution in [1.82, 2.24) is 10.2 Å². The van der Waals surface area contributed by atoms with Crippen molar-refractivity contribution in [3.63, 3.8) is 0 Å². The Bertz CT molecular complexity index is 551. The predicted molar refractivity (Wildman–Crippen MR) is 63.2 cm³/mol. The predicted octanol–water partition coefficient (Wildman–Crippen LogP) is 1.69. The highest BCUT2D eigenvalue weighted by Gasteiger charge is 2.17. The van der Waals surface area contributed by atoms with Gasteiger partial charge in [-0.05, 0) is 24.3 Å². The molecular weight excluding hydrogens is 237 g/mol. The van der Waals surface area contributed by atoms with Crippen LogP contribution < -0.4 is 5.73 Å². The summed E-state index contributed by atoms with van der Waals surface area (Å²) >= 11 is 0. The van der Waals surface area contributed by atoms with Crippen molar-refractivity contribution < 1.29 is 14.3 Å². The van der Waals surface area contributed by atoms with Crippen LogP contribution in [0.3, 0.4) is 0 Å². The first kappa shape index (κ1) is 12.3. The second-order valence-corrected chi connectivity index (χ2v) is 3.91. The number of aromatic amines is 1. The summed E-state index contributed by atoms with van der Waals surface area (Å²) in [7, 11) is 0. The molecule has 0 saturated carbocycles. The number of aliphatic carboxylic acids is 1. The average Bonchev–Trinajstić information content (AvgIpc) is 2.78. The molecule has 1 unspecified atom stereocenters. The van der Waals surface area contributed by atoms with Gasteiger partial charge in [0.15, 0.2) is 0 Å². The van der Waals surface area contributed by atoms with Gasteiger partial charge < -0.3 is 10.8 Å². The monoisotopic (exact) mass is 249 g/mol. The minimum absolute atomic E-state index is 0.187. The summed E-state index contributed by atoms with van der Waals surface area (Å²) < 4.78 is 12.8. The van der Waals surface area contributed by atoms with Crippen LogP contribution in [-0.2, 0) is 4.79 Å². The molecule has 0 spiro atoms. The Morgan fingerprint density at radius 3 is 2.72 bits per heavy atom. The van der Waals surface area contributed by atoms with Crippen molar-refractivity contribution in [3.05, 3.63) is 41.8 Å². The van der Waals surface area contributed by atoms with E-state index in [4.69, 9.17) is 10.8 Å². The molecular formula is C12H12FN3O2. The zero-order valence-corrected chi connectivity index (χ0v) is 9.43. The molecule has 1 heterocycles. The third kappa shape index (κ3) is 2.54. The maximum Gasteiger partial charge on any atom is 0.305 e. The van der Waals surface area contributed by atoms with Gasteiger partial charge in [-0.1, -0.05) is 0 Å². The van der Waals surface area contributed by atoms with Crippen molar-refractivity contribution in [1.29, 1.82) is 0 Å². The number of H-pyrrole nitrogens is 1. The number of halogens is 1. The Hall–Kier alpha value is -2.21. The van der Waals surface area contributed by atoms with Crippen LogP contribution in [0.25, 0.3) is 11.3 Å². The van der Waals surface area contributed by atoms with Crippen LogP contribution in [-0.4, -0.2) is 21.3 Å². The number of nitrogens with one attached hydrogen (secondary N) is 1. The number of benzene rings is 1. The van der Waals surface area contributed by atoms with Gasteiger partial charge in [0.2, 0.25) is 0 Å². The Morgan fingerprint density at radius 1 is 1.44 bits per heavy atom. The smallest absolute Gasteiger partial charge is 0.305 e. The summed E-state index contributed by atoms with van der Waals surface area (Å²) in [6.45, 7) is 0. The van der Waals surface area contributed by atoms with Crippen LogP contribution >= 0.6 is 0 Å². The molecule has 0 saturated heterocycles. The van der Waals surface area contributed by atoms with Gasteiger partial charge in [0.05, 0.1) is 18.3 Å². The van der Waals surface area contributed by atoms with Crippen LogP contribution in [0.4, 0.5) is 4.39 Å². The first-order chi connectivity index (χ1) is 8.58. The van der Waals surface area contributed by atoms with Crippen molar-refractivity contribution in [2.45, 2.75) is 12.5 Å². The van der Waals surface area contributed by atoms with Crippen LogP contribution in [0.15, 0.2) is 30.5 Å². The van der Waals surface area contributed by atoms with Gasteiger partial charge in [-0.2, -0.15) is 5.10 Å². The van der Waals surface area contributed by atoms with Crippen LogP contribution in [0.1, 0.15) is 18.0 Å². The minimum atomic E-state index is -0.978. The lowest BCUT2D eigenvalue weighted by Gasteiger charge is -2.09. The molecule has 2 rings (SSSR count). The van der Waals surface area contributed by atoms with Crippen LogP contribution in [0.2, 0.25) is 0 Å². The lowest BCUT2D eigenvalue weighted by atomic mass is 10.0. The van der Waals surface area contributed by atoms with Gasteiger partial charge >= 0.3 is 5.97 Å². The highest BCUT2D eigenvalue weighted by molar-refractivity contribution is 5.70. The summed E-state index contributed by atoms with van der Waals surface area (Å²) in [5.74, 6) is -1.32. The topological polar surface area (TPSA) is 92.0 Å². The van der Waals surface area contributed by atoms with E-state index < -0.39 is 12.0 Å². The molecule has 0 bridgehead atoms. The maximum atomic E-state index is 12.8. The van der Waals surface area contributed by atoms with Crippen molar-refractivity contribution in [2.24, 2.45) is 5.73 Å². The number of carboxylic acids is 1. The quantitative estimate of drug-likeness (QED) is 0.768. The average molecular weight is 249 g/mol. The van der Waals surface area contributed by atoms with Gasteiger partial charge in [-0.25, -0.2) is 4.39 Å². The number of nitrogens with zero attached hydrogens (tertiary/aromatic N) is 1. The Morgan fingerprint density at radius 2 is 2.11 bits per heavy atom. The molecule has 5 nitrogen and oxygen atoms in total. The Kier molecular flexibility index (Phi) is 3.38. The van der Waals surface area contributed by atoms with Gasteiger partial charge in [0, 0.05) is 17.2 Å². The van der Waals surface area contributed by atoms with Gasteiger partial charge in [0.25, 0.3) is 0 Å². The number of rotatable bonds is 4. The van der Waals surface area contributed by atoms with E-state index in [0.717, 1.165) is 0 Å². The van der Waals surface area contributed by atoms with E-state index >= 15 is 0 Å². The number of carboxylic acid groups (broad SMARTS) is 1. The van der Waals surface area contributed by atoms with E-state index in [-0.39, 0.29) is 12.2 Å².